The van der Waals surface area contributed by atoms with Crippen LogP contribution < -0.4 is 5.32 Å². The summed E-state index contributed by atoms with van der Waals surface area (Å²) >= 11 is 0. The molecule has 3 aromatic rings. The van der Waals surface area contributed by atoms with E-state index in [-0.39, 0.29) is 24.0 Å². The Labute approximate surface area is 189 Å². The van der Waals surface area contributed by atoms with Gasteiger partial charge in [0.2, 0.25) is 0 Å². The van der Waals surface area contributed by atoms with Crippen molar-refractivity contribution in [3.8, 4) is 5.69 Å². The first-order valence-electron chi connectivity index (χ1n) is 9.66. The van der Waals surface area contributed by atoms with Crippen LogP contribution >= 0.6 is 24.0 Å². The van der Waals surface area contributed by atoms with Crippen LogP contribution in [0.3, 0.4) is 0 Å². The Bertz CT molecular complexity index is 887. The zero-order valence-electron chi connectivity index (χ0n) is 17.2. The number of para-hydroxylation sites is 1. The van der Waals surface area contributed by atoms with Crippen LogP contribution in [0.2, 0.25) is 0 Å². The molecule has 2 aromatic heterocycles. The van der Waals surface area contributed by atoms with Crippen LogP contribution in [0, 0.1) is 0 Å². The summed E-state index contributed by atoms with van der Waals surface area (Å²) in [5, 5.41) is 15.9. The molecule has 29 heavy (non-hydrogen) atoms. The third kappa shape index (κ3) is 6.28. The van der Waals surface area contributed by atoms with Gasteiger partial charge in [0.1, 0.15) is 12.2 Å². The van der Waals surface area contributed by atoms with Gasteiger partial charge in [0.15, 0.2) is 5.96 Å². The summed E-state index contributed by atoms with van der Waals surface area (Å²) < 4.78 is 3.95. The molecule has 0 saturated carbocycles. The summed E-state index contributed by atoms with van der Waals surface area (Å²) in [6.45, 7) is 7.14. The third-order valence-electron chi connectivity index (χ3n) is 4.39. The lowest BCUT2D eigenvalue weighted by Crippen LogP contribution is -2.38. The molecule has 0 aliphatic rings. The van der Waals surface area contributed by atoms with Gasteiger partial charge in [-0.25, -0.2) is 4.68 Å². The van der Waals surface area contributed by atoms with Crippen molar-refractivity contribution in [2.24, 2.45) is 4.99 Å². The standard InChI is InChI=1S/C20H28N8.HI/c1-4-19-25-23-16-27(19)12-11-22-20(21-5-2)26(3)14-17-13-24-28(15-17)18-9-7-6-8-10-18;/h6-10,13,15-16H,4-5,11-12,14H2,1-3H3,(H,21,22);1H. The van der Waals surface area contributed by atoms with E-state index in [0.717, 1.165) is 49.1 Å². The van der Waals surface area contributed by atoms with E-state index in [1.54, 1.807) is 6.33 Å². The maximum atomic E-state index is 4.75. The molecule has 1 aromatic carbocycles. The lowest BCUT2D eigenvalue weighted by Gasteiger charge is -2.21. The van der Waals surface area contributed by atoms with Gasteiger partial charge in [-0.2, -0.15) is 5.10 Å². The summed E-state index contributed by atoms with van der Waals surface area (Å²) in [6, 6.07) is 10.1. The van der Waals surface area contributed by atoms with Gasteiger partial charge in [0.25, 0.3) is 0 Å². The molecule has 0 amide bonds. The van der Waals surface area contributed by atoms with Crippen LogP contribution in [-0.4, -0.2) is 55.5 Å². The second-order valence-corrected chi connectivity index (χ2v) is 6.51. The Morgan fingerprint density at radius 3 is 2.72 bits per heavy atom. The van der Waals surface area contributed by atoms with Crippen LogP contribution in [0.25, 0.3) is 5.69 Å². The largest absolute Gasteiger partial charge is 0.357 e. The topological polar surface area (TPSA) is 76.2 Å². The number of guanidine groups is 1. The van der Waals surface area contributed by atoms with Crippen LogP contribution in [0.5, 0.6) is 0 Å². The van der Waals surface area contributed by atoms with Crippen molar-refractivity contribution in [3.05, 3.63) is 60.4 Å². The van der Waals surface area contributed by atoms with E-state index < -0.39 is 0 Å². The molecule has 0 radical (unpaired) electrons. The summed E-state index contributed by atoms with van der Waals surface area (Å²) in [5.41, 5.74) is 2.18. The molecule has 8 nitrogen and oxygen atoms in total. The van der Waals surface area contributed by atoms with Crippen molar-refractivity contribution >= 4 is 29.9 Å². The molecule has 0 saturated heterocycles. The number of nitrogens with one attached hydrogen (secondary N) is 1. The maximum absolute atomic E-state index is 4.75. The fourth-order valence-electron chi connectivity index (χ4n) is 2.99. The number of halogens is 1. The van der Waals surface area contributed by atoms with Crippen molar-refractivity contribution in [1.82, 2.24) is 34.8 Å². The Morgan fingerprint density at radius 2 is 2.00 bits per heavy atom. The first kappa shape index (κ1) is 22.9. The highest BCUT2D eigenvalue weighted by Crippen LogP contribution is 2.09. The second-order valence-electron chi connectivity index (χ2n) is 6.51. The van der Waals surface area contributed by atoms with Crippen LogP contribution in [0.15, 0.2) is 54.0 Å². The quantitative estimate of drug-likeness (QED) is 0.288. The summed E-state index contributed by atoms with van der Waals surface area (Å²) in [5.74, 6) is 1.86. The molecule has 0 atom stereocenters. The molecule has 2 heterocycles. The molecule has 9 heteroatoms. The number of nitrogens with zero attached hydrogens (tertiary/aromatic N) is 7. The Hall–Kier alpha value is -2.43. The van der Waals surface area contributed by atoms with Crippen molar-refractivity contribution in [3.63, 3.8) is 0 Å². The fraction of sp³-hybridized carbons (Fsp3) is 0.400. The molecule has 156 valence electrons. The molecule has 0 aliphatic heterocycles. The first-order valence-corrected chi connectivity index (χ1v) is 9.66. The number of aryl methyl sites for hydroxylation is 1. The van der Waals surface area contributed by atoms with Crippen molar-refractivity contribution < 1.29 is 0 Å². The van der Waals surface area contributed by atoms with E-state index in [1.807, 2.05) is 48.3 Å². The molecule has 3 rings (SSSR count). The smallest absolute Gasteiger partial charge is 0.194 e. The monoisotopic (exact) mass is 508 g/mol. The number of aliphatic imine (C=N–C) groups is 1. The highest BCUT2D eigenvalue weighted by atomic mass is 127. The normalized spacial score (nSPS) is 11.2. The van der Waals surface area contributed by atoms with Gasteiger partial charge in [0.05, 0.1) is 18.4 Å². The van der Waals surface area contributed by atoms with Gasteiger partial charge >= 0.3 is 0 Å². The summed E-state index contributed by atoms with van der Waals surface area (Å²) in [6.07, 6.45) is 6.59. The number of hydrogen-bond acceptors (Lipinski definition) is 4. The van der Waals surface area contributed by atoms with Crippen molar-refractivity contribution in [2.75, 3.05) is 20.1 Å². The van der Waals surface area contributed by atoms with E-state index >= 15 is 0 Å². The van der Waals surface area contributed by atoms with Gasteiger partial charge in [-0.15, -0.1) is 34.2 Å². The third-order valence-corrected chi connectivity index (χ3v) is 4.39. The highest BCUT2D eigenvalue weighted by molar-refractivity contribution is 14.0. The zero-order chi connectivity index (χ0) is 19.8. The molecular formula is C20H29IN8. The minimum atomic E-state index is 0. The van der Waals surface area contributed by atoms with Crippen LogP contribution in [0.1, 0.15) is 25.2 Å². The lowest BCUT2D eigenvalue weighted by molar-refractivity contribution is 0.475. The first-order chi connectivity index (χ1) is 13.7. The molecule has 0 fully saturated rings. The SMILES string of the molecule is CCNC(=NCCn1cnnc1CC)N(C)Cc1cnn(-c2ccccc2)c1.I. The zero-order valence-corrected chi connectivity index (χ0v) is 19.5. The number of benzene rings is 1. The van der Waals surface area contributed by atoms with Gasteiger partial charge in [-0.3, -0.25) is 4.99 Å². The Balaban J connectivity index is 0.00000300. The minimum absolute atomic E-state index is 0. The molecule has 1 N–H and O–H groups in total. The highest BCUT2D eigenvalue weighted by Gasteiger charge is 2.09. The van der Waals surface area contributed by atoms with Crippen LogP contribution in [-0.2, 0) is 19.5 Å². The average molecular weight is 508 g/mol. The van der Waals surface area contributed by atoms with Gasteiger partial charge in [0, 0.05) is 44.9 Å². The minimum Gasteiger partial charge on any atom is -0.357 e. The van der Waals surface area contributed by atoms with E-state index in [4.69, 9.17) is 4.99 Å². The molecule has 0 unspecified atom stereocenters. The number of aromatic nitrogens is 5. The average Bonchev–Trinajstić information content (AvgIpc) is 3.37. The lowest BCUT2D eigenvalue weighted by atomic mass is 10.3. The summed E-state index contributed by atoms with van der Waals surface area (Å²) in [4.78, 5) is 6.87. The van der Waals surface area contributed by atoms with Crippen molar-refractivity contribution in [1.29, 1.82) is 0 Å². The van der Waals surface area contributed by atoms with Gasteiger partial charge < -0.3 is 14.8 Å². The maximum Gasteiger partial charge on any atom is 0.194 e. The Morgan fingerprint density at radius 1 is 1.21 bits per heavy atom. The molecular weight excluding hydrogens is 479 g/mol. The van der Waals surface area contributed by atoms with Gasteiger partial charge in [-0.1, -0.05) is 25.1 Å². The number of rotatable bonds is 8. The Kier molecular flexibility index (Phi) is 9.10. The predicted octanol–water partition coefficient (Wildman–Crippen LogP) is 2.74. The van der Waals surface area contributed by atoms with Crippen molar-refractivity contribution in [2.45, 2.75) is 33.4 Å². The number of hydrogen-bond donors (Lipinski definition) is 1. The van der Waals surface area contributed by atoms with E-state index in [2.05, 4.69) is 50.1 Å². The predicted molar refractivity (Wildman–Crippen MR) is 126 cm³/mol. The summed E-state index contributed by atoms with van der Waals surface area (Å²) in [7, 11) is 2.04. The second kappa shape index (κ2) is 11.5. The molecule has 0 aliphatic carbocycles. The van der Waals surface area contributed by atoms with E-state index in [0.29, 0.717) is 6.54 Å². The van der Waals surface area contributed by atoms with E-state index in [1.165, 1.54) is 0 Å². The van der Waals surface area contributed by atoms with Gasteiger partial charge in [-0.05, 0) is 19.1 Å². The van der Waals surface area contributed by atoms with E-state index in [9.17, 15) is 0 Å². The van der Waals surface area contributed by atoms with Crippen LogP contribution in [0.4, 0.5) is 0 Å². The fourth-order valence-corrected chi connectivity index (χ4v) is 2.99. The molecule has 0 bridgehead atoms. The molecule has 0 spiro atoms.